The van der Waals surface area contributed by atoms with Crippen LogP contribution in [0.3, 0.4) is 0 Å². The molecule has 0 saturated heterocycles. The van der Waals surface area contributed by atoms with Crippen LogP contribution in [0.25, 0.3) is 44.5 Å². The molecule has 1 aliphatic heterocycles. The second-order valence-electron chi connectivity index (χ2n) is 19.1. The topological polar surface area (TPSA) is 3.24 Å². The van der Waals surface area contributed by atoms with Crippen LogP contribution >= 0.6 is 10.0 Å². The van der Waals surface area contributed by atoms with E-state index < -0.39 is 10.0 Å². The van der Waals surface area contributed by atoms with Crippen LogP contribution in [0.2, 0.25) is 0 Å². The van der Waals surface area contributed by atoms with E-state index in [-0.39, 0.29) is 10.8 Å². The van der Waals surface area contributed by atoms with Gasteiger partial charge in [-0.05, 0) is 147 Å². The van der Waals surface area contributed by atoms with Crippen LogP contribution < -0.4 is 4.90 Å². The van der Waals surface area contributed by atoms with Gasteiger partial charge in [0.1, 0.15) is 0 Å². The number of hydrogen-bond acceptors (Lipinski definition) is 1. The Morgan fingerprint density at radius 3 is 1.30 bits per heavy atom. The van der Waals surface area contributed by atoms with E-state index >= 15 is 0 Å². The van der Waals surface area contributed by atoms with Gasteiger partial charge >= 0.3 is 0 Å². The van der Waals surface area contributed by atoms with Crippen LogP contribution in [0.4, 0.5) is 17.1 Å². The van der Waals surface area contributed by atoms with Crippen molar-refractivity contribution in [2.75, 3.05) is 4.90 Å². The molecule has 1 heterocycles. The van der Waals surface area contributed by atoms with Crippen molar-refractivity contribution in [1.29, 1.82) is 0 Å². The molecule has 9 aromatic carbocycles. The van der Waals surface area contributed by atoms with Crippen LogP contribution in [0, 0.1) is 13.8 Å². The molecule has 0 unspecified atom stereocenters. The molecule has 0 aromatic heterocycles. The Hall–Kier alpha value is -6.87. The maximum Gasteiger partial charge on any atom is 0.0465 e. The molecule has 0 amide bonds. The minimum absolute atomic E-state index is 0.117. The minimum Gasteiger partial charge on any atom is -0.310 e. The lowest BCUT2D eigenvalue weighted by molar-refractivity contribution is 0.660. The van der Waals surface area contributed by atoms with Crippen molar-refractivity contribution in [2.45, 2.75) is 72.0 Å². The molecule has 310 valence electrons. The maximum atomic E-state index is 2.49. The first-order valence-electron chi connectivity index (χ1n) is 22.7. The Kier molecular flexibility index (Phi) is 8.52. The minimum atomic E-state index is -1.85. The quantitative estimate of drug-likeness (QED) is 0.161. The molecular formula is C62H51NS. The Balaban J connectivity index is 1.04. The predicted octanol–water partition coefficient (Wildman–Crippen LogP) is 17.4. The number of benzene rings is 9. The number of hydrogen-bond donors (Lipinski definition) is 0. The van der Waals surface area contributed by atoms with Gasteiger partial charge in [-0.3, -0.25) is 0 Å². The van der Waals surface area contributed by atoms with Crippen LogP contribution in [0.5, 0.6) is 0 Å². The van der Waals surface area contributed by atoms with E-state index in [1.54, 1.807) is 0 Å². The van der Waals surface area contributed by atoms with E-state index in [1.165, 1.54) is 109 Å². The van der Waals surface area contributed by atoms with E-state index in [4.69, 9.17) is 0 Å². The van der Waals surface area contributed by atoms with Crippen molar-refractivity contribution in [1.82, 2.24) is 0 Å². The largest absolute Gasteiger partial charge is 0.310 e. The van der Waals surface area contributed by atoms with E-state index in [2.05, 4.69) is 247 Å². The highest BCUT2D eigenvalue weighted by molar-refractivity contribution is 8.34. The number of rotatable bonds is 6. The first kappa shape index (κ1) is 38.8. The summed E-state index contributed by atoms with van der Waals surface area (Å²) in [7, 11) is -1.85. The van der Waals surface area contributed by atoms with Crippen molar-refractivity contribution in [3.8, 4) is 44.5 Å². The van der Waals surface area contributed by atoms with Gasteiger partial charge in [0.2, 0.25) is 0 Å². The fraction of sp³-hybridized carbons (Fsp3) is 0.129. The summed E-state index contributed by atoms with van der Waals surface area (Å²) in [6, 6.07) is 76.5. The normalized spacial score (nSPS) is 15.6. The van der Waals surface area contributed by atoms with Crippen LogP contribution in [-0.2, 0) is 10.8 Å². The van der Waals surface area contributed by atoms with Gasteiger partial charge in [0, 0.05) is 47.5 Å². The summed E-state index contributed by atoms with van der Waals surface area (Å²) in [6.07, 6.45) is 0. The molecule has 0 atom stereocenters. The van der Waals surface area contributed by atoms with Gasteiger partial charge in [0.15, 0.2) is 0 Å². The first-order valence-corrected chi connectivity index (χ1v) is 24.3. The summed E-state index contributed by atoms with van der Waals surface area (Å²) >= 11 is 0. The van der Waals surface area contributed by atoms with Crippen LogP contribution in [0.15, 0.2) is 220 Å². The first-order chi connectivity index (χ1) is 31.1. The number of fused-ring (bicyclic) bond motifs is 9. The summed E-state index contributed by atoms with van der Waals surface area (Å²) in [4.78, 5) is 8.06. The predicted molar refractivity (Wildman–Crippen MR) is 270 cm³/mol. The Bertz CT molecular complexity index is 3180. The standard InChI is InChI=1S/C62H51NS/c1-40-22-32-46(33-23-40)64(47-34-24-41(2)25-35-47)59-21-12-9-16-53(59)54-18-13-17-48(60(54)64)42-26-28-43(29-27-42)63(44-30-36-51-49-14-7-10-19-55(49)61(3,4)57(51)38-44)45-31-37-52-50-15-8-11-20-56(50)62(5,6)58(52)39-45/h7-39H,1-6H3. The lowest BCUT2D eigenvalue weighted by atomic mass is 9.82. The fourth-order valence-electron chi connectivity index (χ4n) is 11.4. The molecule has 0 saturated carbocycles. The smallest absolute Gasteiger partial charge is 0.0465 e. The lowest BCUT2D eigenvalue weighted by Crippen LogP contribution is -2.18. The molecule has 0 fully saturated rings. The Morgan fingerprint density at radius 2 is 0.766 bits per heavy atom. The average Bonchev–Trinajstić information content (AvgIpc) is 3.85. The average molecular weight is 842 g/mol. The number of aryl methyl sites for hydroxylation is 2. The van der Waals surface area contributed by atoms with E-state index in [1.807, 2.05) is 0 Å². The molecule has 64 heavy (non-hydrogen) atoms. The van der Waals surface area contributed by atoms with Gasteiger partial charge in [-0.15, -0.1) is 10.0 Å². The molecule has 0 bridgehead atoms. The highest BCUT2D eigenvalue weighted by atomic mass is 32.3. The number of anilines is 3. The van der Waals surface area contributed by atoms with E-state index in [0.29, 0.717) is 0 Å². The summed E-state index contributed by atoms with van der Waals surface area (Å²) < 4.78 is 0. The molecule has 2 heteroatoms. The Labute approximate surface area is 380 Å². The van der Waals surface area contributed by atoms with Gasteiger partial charge in [0.25, 0.3) is 0 Å². The summed E-state index contributed by atoms with van der Waals surface area (Å²) in [6.45, 7) is 13.9. The van der Waals surface area contributed by atoms with Crippen LogP contribution in [0.1, 0.15) is 61.1 Å². The van der Waals surface area contributed by atoms with Crippen molar-refractivity contribution < 1.29 is 0 Å². The molecule has 12 rings (SSSR count). The third-order valence-electron chi connectivity index (χ3n) is 14.7. The van der Waals surface area contributed by atoms with Gasteiger partial charge < -0.3 is 4.90 Å². The van der Waals surface area contributed by atoms with Gasteiger partial charge in [-0.25, -0.2) is 0 Å². The third kappa shape index (κ3) is 5.45. The molecule has 0 spiro atoms. The lowest BCUT2D eigenvalue weighted by Gasteiger charge is -2.40. The van der Waals surface area contributed by atoms with Gasteiger partial charge in [-0.1, -0.05) is 172 Å². The van der Waals surface area contributed by atoms with E-state index in [0.717, 1.165) is 5.69 Å². The van der Waals surface area contributed by atoms with Crippen LogP contribution in [-0.4, -0.2) is 0 Å². The highest BCUT2D eigenvalue weighted by Gasteiger charge is 2.44. The fourth-order valence-corrected chi connectivity index (χ4v) is 15.8. The second-order valence-corrected chi connectivity index (χ2v) is 22.1. The zero-order chi connectivity index (χ0) is 43.5. The molecule has 3 aliphatic rings. The van der Waals surface area contributed by atoms with Crippen molar-refractivity contribution >= 4 is 27.1 Å². The number of nitrogens with zero attached hydrogens (tertiary/aromatic N) is 1. The van der Waals surface area contributed by atoms with Crippen molar-refractivity contribution in [3.05, 3.63) is 234 Å². The zero-order valence-electron chi connectivity index (χ0n) is 37.4. The molecule has 2 aliphatic carbocycles. The molecule has 9 aromatic rings. The molecule has 0 radical (unpaired) electrons. The monoisotopic (exact) mass is 841 g/mol. The van der Waals surface area contributed by atoms with E-state index in [9.17, 15) is 0 Å². The molecular weight excluding hydrogens is 791 g/mol. The zero-order valence-corrected chi connectivity index (χ0v) is 38.2. The summed E-state index contributed by atoms with van der Waals surface area (Å²) in [5.74, 6) is 0. The SMILES string of the molecule is Cc1ccc(S2(c3ccc(C)cc3)c3ccccc3-c3cccc(-c4ccc(N(c5ccc6c(c5)C(C)(C)c5ccccc5-6)c5ccc6c(c5)C(C)(C)c5ccccc5-6)cc4)c32)cc1. The van der Waals surface area contributed by atoms with Crippen molar-refractivity contribution in [2.24, 2.45) is 0 Å². The van der Waals surface area contributed by atoms with Gasteiger partial charge in [-0.2, -0.15) is 0 Å². The maximum absolute atomic E-state index is 2.49. The third-order valence-corrected chi connectivity index (χ3v) is 18.7. The molecule has 1 nitrogen and oxygen atoms in total. The van der Waals surface area contributed by atoms with Crippen molar-refractivity contribution in [3.63, 3.8) is 0 Å². The highest BCUT2D eigenvalue weighted by Crippen LogP contribution is 2.81. The Morgan fingerprint density at radius 1 is 0.344 bits per heavy atom. The summed E-state index contributed by atoms with van der Waals surface area (Å²) in [5, 5.41) is 0. The molecule has 0 N–H and O–H groups in total. The van der Waals surface area contributed by atoms with Gasteiger partial charge in [0.05, 0.1) is 0 Å². The summed E-state index contributed by atoms with van der Waals surface area (Å²) in [5.41, 5.74) is 21.8. The second kappa shape index (κ2) is 14.1.